The summed E-state index contributed by atoms with van der Waals surface area (Å²) in [6, 6.07) is 9.43. The van der Waals surface area contributed by atoms with Crippen molar-refractivity contribution < 1.29 is 0 Å². The van der Waals surface area contributed by atoms with Gasteiger partial charge in [0.2, 0.25) is 0 Å². The molecular formula is C17H25N3. The summed E-state index contributed by atoms with van der Waals surface area (Å²) >= 11 is 0. The van der Waals surface area contributed by atoms with E-state index in [0.717, 1.165) is 26.2 Å². The van der Waals surface area contributed by atoms with Crippen molar-refractivity contribution in [2.45, 2.75) is 26.3 Å². The third kappa shape index (κ3) is 2.74. The van der Waals surface area contributed by atoms with Crippen LogP contribution in [0.5, 0.6) is 0 Å². The lowest BCUT2D eigenvalue weighted by atomic mass is 9.93. The number of hydrogen-bond acceptors (Lipinski definition) is 2. The number of benzene rings is 1. The van der Waals surface area contributed by atoms with E-state index in [1.54, 1.807) is 0 Å². The molecule has 0 bridgehead atoms. The minimum absolute atomic E-state index is 0.539. The molecule has 1 aliphatic rings. The van der Waals surface area contributed by atoms with Crippen molar-refractivity contribution in [2.75, 3.05) is 26.2 Å². The van der Waals surface area contributed by atoms with Gasteiger partial charge in [0.05, 0.1) is 0 Å². The van der Waals surface area contributed by atoms with E-state index in [-0.39, 0.29) is 0 Å². The Labute approximate surface area is 121 Å². The highest BCUT2D eigenvalue weighted by Gasteiger charge is 2.24. The Kier molecular flexibility index (Phi) is 4.08. The molecule has 2 aromatic rings. The van der Waals surface area contributed by atoms with E-state index in [1.807, 2.05) is 0 Å². The lowest BCUT2D eigenvalue weighted by molar-refractivity contribution is 0.155. The minimum Gasteiger partial charge on any atom is -0.361 e. The number of nitrogens with one attached hydrogen (secondary N) is 2. The van der Waals surface area contributed by atoms with Crippen LogP contribution in [0.25, 0.3) is 10.9 Å². The van der Waals surface area contributed by atoms with Crippen LogP contribution in [0, 0.1) is 5.92 Å². The van der Waals surface area contributed by atoms with E-state index in [9.17, 15) is 0 Å². The molecule has 1 aliphatic heterocycles. The van der Waals surface area contributed by atoms with Crippen LogP contribution in [0.3, 0.4) is 0 Å². The Morgan fingerprint density at radius 3 is 2.70 bits per heavy atom. The number of nitrogens with zero attached hydrogens (tertiary/aromatic N) is 1. The Morgan fingerprint density at radius 2 is 1.95 bits per heavy atom. The Hall–Kier alpha value is -1.32. The first kappa shape index (κ1) is 13.7. The molecule has 1 aromatic carbocycles. The number of fused-ring (bicyclic) bond motifs is 1. The van der Waals surface area contributed by atoms with Crippen LogP contribution in [0.2, 0.25) is 0 Å². The van der Waals surface area contributed by atoms with Crippen molar-refractivity contribution in [3.05, 3.63) is 36.0 Å². The molecule has 2 heterocycles. The van der Waals surface area contributed by atoms with Gasteiger partial charge in [-0.3, -0.25) is 4.90 Å². The van der Waals surface area contributed by atoms with Gasteiger partial charge in [-0.05, 0) is 30.0 Å². The monoisotopic (exact) mass is 271 g/mol. The number of aromatic amines is 1. The average Bonchev–Trinajstić information content (AvgIpc) is 2.94. The fourth-order valence-electron chi connectivity index (χ4n) is 3.31. The molecule has 3 heteroatoms. The Balaban J connectivity index is 1.97. The molecule has 20 heavy (non-hydrogen) atoms. The molecule has 3 rings (SSSR count). The van der Waals surface area contributed by atoms with Crippen LogP contribution in [0.15, 0.2) is 30.5 Å². The molecule has 1 atom stereocenters. The highest BCUT2D eigenvalue weighted by atomic mass is 15.2. The van der Waals surface area contributed by atoms with Gasteiger partial charge < -0.3 is 10.3 Å². The van der Waals surface area contributed by atoms with Crippen molar-refractivity contribution in [3.8, 4) is 0 Å². The highest BCUT2D eigenvalue weighted by Crippen LogP contribution is 2.32. The number of rotatable bonds is 4. The molecule has 0 aliphatic carbocycles. The van der Waals surface area contributed by atoms with Crippen LogP contribution in [-0.2, 0) is 0 Å². The standard InChI is InChI=1S/C17H25N3/c1-13(2)12-17(20-10-8-18-9-11-20)15-4-3-5-16-14(15)6-7-19-16/h3-7,13,17-19H,8-12H2,1-2H3/t17-/m0/s1. The maximum Gasteiger partial charge on any atom is 0.0457 e. The molecule has 0 radical (unpaired) electrons. The summed E-state index contributed by atoms with van der Waals surface area (Å²) in [6.07, 6.45) is 3.28. The summed E-state index contributed by atoms with van der Waals surface area (Å²) < 4.78 is 0. The van der Waals surface area contributed by atoms with Crippen LogP contribution in [0.1, 0.15) is 31.9 Å². The zero-order valence-electron chi connectivity index (χ0n) is 12.5. The second kappa shape index (κ2) is 5.98. The van der Waals surface area contributed by atoms with E-state index in [0.29, 0.717) is 12.0 Å². The molecule has 0 amide bonds. The average molecular weight is 271 g/mol. The maximum atomic E-state index is 3.46. The summed E-state index contributed by atoms with van der Waals surface area (Å²) in [6.45, 7) is 9.17. The molecule has 2 N–H and O–H groups in total. The van der Waals surface area contributed by atoms with Crippen LogP contribution >= 0.6 is 0 Å². The second-order valence-electron chi connectivity index (χ2n) is 6.22. The first-order valence-electron chi connectivity index (χ1n) is 7.76. The summed E-state index contributed by atoms with van der Waals surface area (Å²) in [4.78, 5) is 5.99. The van der Waals surface area contributed by atoms with Gasteiger partial charge in [0, 0.05) is 49.3 Å². The van der Waals surface area contributed by atoms with Gasteiger partial charge in [-0.1, -0.05) is 26.0 Å². The van der Waals surface area contributed by atoms with Crippen molar-refractivity contribution in [1.82, 2.24) is 15.2 Å². The maximum absolute atomic E-state index is 3.46. The van der Waals surface area contributed by atoms with Gasteiger partial charge in [0.1, 0.15) is 0 Å². The smallest absolute Gasteiger partial charge is 0.0457 e. The Morgan fingerprint density at radius 1 is 1.15 bits per heavy atom. The van der Waals surface area contributed by atoms with Gasteiger partial charge in [-0.2, -0.15) is 0 Å². The van der Waals surface area contributed by atoms with Gasteiger partial charge in [0.25, 0.3) is 0 Å². The van der Waals surface area contributed by atoms with Gasteiger partial charge >= 0.3 is 0 Å². The van der Waals surface area contributed by atoms with Crippen LogP contribution in [-0.4, -0.2) is 36.1 Å². The number of H-pyrrole nitrogens is 1. The van der Waals surface area contributed by atoms with Crippen molar-refractivity contribution in [1.29, 1.82) is 0 Å². The molecular weight excluding hydrogens is 246 g/mol. The first-order valence-corrected chi connectivity index (χ1v) is 7.76. The third-order valence-electron chi connectivity index (χ3n) is 4.27. The van der Waals surface area contributed by atoms with E-state index in [2.05, 4.69) is 59.5 Å². The minimum atomic E-state index is 0.539. The van der Waals surface area contributed by atoms with E-state index < -0.39 is 0 Å². The molecule has 108 valence electrons. The van der Waals surface area contributed by atoms with Gasteiger partial charge in [-0.25, -0.2) is 0 Å². The summed E-state index contributed by atoms with van der Waals surface area (Å²) in [7, 11) is 0. The largest absolute Gasteiger partial charge is 0.361 e. The summed E-state index contributed by atoms with van der Waals surface area (Å²) in [5, 5.41) is 4.84. The normalized spacial score (nSPS) is 18.8. The SMILES string of the molecule is CC(C)C[C@@H](c1cccc2[nH]ccc12)N1CCNCC1. The highest BCUT2D eigenvalue weighted by molar-refractivity contribution is 5.83. The molecule has 0 unspecified atom stereocenters. The Bertz CT molecular complexity index is 552. The van der Waals surface area contributed by atoms with E-state index in [1.165, 1.54) is 22.9 Å². The quantitative estimate of drug-likeness (QED) is 0.895. The zero-order chi connectivity index (χ0) is 13.9. The molecule has 0 saturated carbocycles. The predicted octanol–water partition coefficient (Wildman–Crippen LogP) is 3.16. The van der Waals surface area contributed by atoms with E-state index in [4.69, 9.17) is 0 Å². The van der Waals surface area contributed by atoms with Crippen molar-refractivity contribution >= 4 is 10.9 Å². The van der Waals surface area contributed by atoms with Crippen LogP contribution in [0.4, 0.5) is 0 Å². The topological polar surface area (TPSA) is 31.1 Å². The van der Waals surface area contributed by atoms with Gasteiger partial charge in [-0.15, -0.1) is 0 Å². The predicted molar refractivity (Wildman–Crippen MR) is 84.9 cm³/mol. The van der Waals surface area contributed by atoms with Gasteiger partial charge in [0.15, 0.2) is 0 Å². The number of hydrogen-bond donors (Lipinski definition) is 2. The summed E-state index contributed by atoms with van der Waals surface area (Å²) in [5.74, 6) is 0.712. The lowest BCUT2D eigenvalue weighted by Crippen LogP contribution is -2.45. The molecule has 0 spiro atoms. The number of aromatic nitrogens is 1. The summed E-state index contributed by atoms with van der Waals surface area (Å²) in [5.41, 5.74) is 2.74. The molecule has 1 aromatic heterocycles. The third-order valence-corrected chi connectivity index (χ3v) is 4.27. The number of piperazine rings is 1. The zero-order valence-corrected chi connectivity index (χ0v) is 12.5. The fraction of sp³-hybridized carbons (Fsp3) is 0.529. The molecule has 1 fully saturated rings. The first-order chi connectivity index (χ1) is 9.75. The van der Waals surface area contributed by atoms with E-state index >= 15 is 0 Å². The van der Waals surface area contributed by atoms with Crippen molar-refractivity contribution in [3.63, 3.8) is 0 Å². The van der Waals surface area contributed by atoms with Crippen molar-refractivity contribution in [2.24, 2.45) is 5.92 Å². The lowest BCUT2D eigenvalue weighted by Gasteiger charge is -2.36. The fourth-order valence-corrected chi connectivity index (χ4v) is 3.31. The molecule has 1 saturated heterocycles. The second-order valence-corrected chi connectivity index (χ2v) is 6.22. The molecule has 3 nitrogen and oxygen atoms in total. The van der Waals surface area contributed by atoms with Crippen LogP contribution < -0.4 is 5.32 Å².